The van der Waals surface area contributed by atoms with Crippen molar-refractivity contribution in [2.75, 3.05) is 0 Å². The van der Waals surface area contributed by atoms with Crippen molar-refractivity contribution in [3.63, 3.8) is 0 Å². The summed E-state index contributed by atoms with van der Waals surface area (Å²) < 4.78 is 0. The van der Waals surface area contributed by atoms with Crippen LogP contribution in [0, 0.1) is 13.8 Å². The molecule has 0 spiro atoms. The topological polar surface area (TPSA) is 71.4 Å². The van der Waals surface area contributed by atoms with Gasteiger partial charge in [-0.05, 0) is 50.3 Å². The Labute approximate surface area is 177 Å². The standard InChI is InChI=1S/C26H28O4/c1-16-14-15-21-23(17(16)2)25(29)18(3)24(26(21)30)20(19-10-6-4-7-11-19)12-8-5-9-13-22(27)28/h4,6-7,10-11,14-15,20H,5,8-9,12-13H2,1-3H3,(H,27,28). The average Bonchev–Trinajstić information content (AvgIpc) is 2.73. The molecule has 1 aliphatic rings. The third kappa shape index (κ3) is 4.28. The van der Waals surface area contributed by atoms with Gasteiger partial charge < -0.3 is 5.11 Å². The summed E-state index contributed by atoms with van der Waals surface area (Å²) in [5.74, 6) is -1.09. The van der Waals surface area contributed by atoms with E-state index in [1.54, 1.807) is 13.0 Å². The number of aliphatic carboxylic acids is 1. The quantitative estimate of drug-likeness (QED) is 0.563. The molecule has 4 nitrogen and oxygen atoms in total. The average molecular weight is 405 g/mol. The molecule has 0 fully saturated rings. The molecule has 0 aliphatic heterocycles. The van der Waals surface area contributed by atoms with E-state index in [0.29, 0.717) is 35.1 Å². The van der Waals surface area contributed by atoms with Crippen LogP contribution in [0.3, 0.4) is 0 Å². The van der Waals surface area contributed by atoms with E-state index in [9.17, 15) is 14.4 Å². The van der Waals surface area contributed by atoms with Crippen molar-refractivity contribution >= 4 is 17.5 Å². The second-order valence-corrected chi connectivity index (χ2v) is 8.08. The highest BCUT2D eigenvalue weighted by atomic mass is 16.4. The second-order valence-electron chi connectivity index (χ2n) is 8.08. The highest BCUT2D eigenvalue weighted by Crippen LogP contribution is 2.39. The van der Waals surface area contributed by atoms with E-state index in [4.69, 9.17) is 5.11 Å². The number of fused-ring (bicyclic) bond motifs is 1. The number of hydrogen-bond acceptors (Lipinski definition) is 3. The molecule has 0 saturated heterocycles. The number of benzene rings is 2. The number of allylic oxidation sites excluding steroid dienone is 2. The van der Waals surface area contributed by atoms with Crippen LogP contribution in [0.5, 0.6) is 0 Å². The SMILES string of the molecule is CC1=C(C(CCCCCC(=O)O)c2ccccc2)C(=O)c2ccc(C)c(C)c2C1=O. The molecule has 0 bridgehead atoms. The number of carboxylic acids is 1. The number of unbranched alkanes of at least 4 members (excludes halogenated alkanes) is 2. The van der Waals surface area contributed by atoms with Crippen molar-refractivity contribution < 1.29 is 19.5 Å². The molecule has 4 heteroatoms. The normalized spacial score (nSPS) is 14.6. The molecule has 1 N–H and O–H groups in total. The first-order valence-electron chi connectivity index (χ1n) is 10.5. The Hall–Kier alpha value is -3.01. The number of ketones is 2. The fourth-order valence-corrected chi connectivity index (χ4v) is 4.31. The predicted molar refractivity (Wildman–Crippen MR) is 117 cm³/mol. The largest absolute Gasteiger partial charge is 0.481 e. The second kappa shape index (κ2) is 9.21. The maximum Gasteiger partial charge on any atom is 0.303 e. The van der Waals surface area contributed by atoms with Gasteiger partial charge in [0.2, 0.25) is 0 Å². The highest BCUT2D eigenvalue weighted by Gasteiger charge is 2.35. The summed E-state index contributed by atoms with van der Waals surface area (Å²) in [7, 11) is 0. The Morgan fingerprint density at radius 3 is 2.27 bits per heavy atom. The minimum absolute atomic E-state index is 0.0624. The summed E-state index contributed by atoms with van der Waals surface area (Å²) in [6.07, 6.45) is 3.05. The van der Waals surface area contributed by atoms with Crippen molar-refractivity contribution in [3.8, 4) is 0 Å². The smallest absolute Gasteiger partial charge is 0.303 e. The summed E-state index contributed by atoms with van der Waals surface area (Å²) in [4.78, 5) is 37.6. The Balaban J connectivity index is 1.97. The van der Waals surface area contributed by atoms with Crippen LogP contribution < -0.4 is 0 Å². The molecule has 2 aromatic rings. The van der Waals surface area contributed by atoms with E-state index in [-0.39, 0.29) is 23.9 Å². The lowest BCUT2D eigenvalue weighted by Gasteiger charge is -2.27. The van der Waals surface area contributed by atoms with E-state index in [0.717, 1.165) is 29.5 Å². The van der Waals surface area contributed by atoms with Crippen molar-refractivity contribution in [1.82, 2.24) is 0 Å². The number of aryl methyl sites for hydroxylation is 1. The summed E-state index contributed by atoms with van der Waals surface area (Å²) >= 11 is 0. The fraction of sp³-hybridized carbons (Fsp3) is 0.346. The number of carbonyl (C=O) groups is 3. The first-order valence-corrected chi connectivity index (χ1v) is 10.5. The van der Waals surface area contributed by atoms with Gasteiger partial charge in [-0.2, -0.15) is 0 Å². The van der Waals surface area contributed by atoms with Gasteiger partial charge in [0.15, 0.2) is 11.6 Å². The highest BCUT2D eigenvalue weighted by molar-refractivity contribution is 6.27. The number of rotatable bonds is 8. The Morgan fingerprint density at radius 2 is 1.60 bits per heavy atom. The molecule has 0 saturated carbocycles. The summed E-state index contributed by atoms with van der Waals surface area (Å²) in [5, 5.41) is 8.85. The summed E-state index contributed by atoms with van der Waals surface area (Å²) in [5.41, 5.74) is 5.03. The lowest BCUT2D eigenvalue weighted by molar-refractivity contribution is -0.137. The van der Waals surface area contributed by atoms with Gasteiger partial charge in [-0.15, -0.1) is 0 Å². The minimum Gasteiger partial charge on any atom is -0.481 e. The summed E-state index contributed by atoms with van der Waals surface area (Å²) in [6, 6.07) is 13.5. The molecule has 30 heavy (non-hydrogen) atoms. The molecule has 1 aliphatic carbocycles. The van der Waals surface area contributed by atoms with E-state index in [1.807, 2.05) is 50.2 Å². The van der Waals surface area contributed by atoms with E-state index in [2.05, 4.69) is 0 Å². The van der Waals surface area contributed by atoms with Crippen molar-refractivity contribution in [1.29, 1.82) is 0 Å². The van der Waals surface area contributed by atoms with Gasteiger partial charge in [0, 0.05) is 34.6 Å². The third-order valence-corrected chi connectivity index (χ3v) is 6.13. The zero-order chi connectivity index (χ0) is 21.8. The Morgan fingerprint density at radius 1 is 0.900 bits per heavy atom. The number of Topliss-reactive ketones (excluding diaryl/α,β-unsaturated/α-hetero) is 2. The number of carboxylic acid groups (broad SMARTS) is 1. The van der Waals surface area contributed by atoms with Gasteiger partial charge in [-0.25, -0.2) is 0 Å². The summed E-state index contributed by atoms with van der Waals surface area (Å²) in [6.45, 7) is 5.61. The molecule has 0 amide bonds. The van der Waals surface area contributed by atoms with Crippen LogP contribution in [-0.2, 0) is 4.79 Å². The maximum atomic E-state index is 13.5. The van der Waals surface area contributed by atoms with Crippen LogP contribution >= 0.6 is 0 Å². The zero-order valence-corrected chi connectivity index (χ0v) is 17.8. The van der Waals surface area contributed by atoms with Gasteiger partial charge in [0.05, 0.1) is 0 Å². The molecule has 0 heterocycles. The van der Waals surface area contributed by atoms with Crippen molar-refractivity contribution in [3.05, 3.63) is 81.4 Å². The van der Waals surface area contributed by atoms with Crippen molar-refractivity contribution in [2.24, 2.45) is 0 Å². The van der Waals surface area contributed by atoms with Crippen LogP contribution in [0.4, 0.5) is 0 Å². The van der Waals surface area contributed by atoms with Crippen LogP contribution in [0.2, 0.25) is 0 Å². The van der Waals surface area contributed by atoms with Gasteiger partial charge in [-0.1, -0.05) is 55.3 Å². The number of hydrogen-bond donors (Lipinski definition) is 1. The molecule has 0 aromatic heterocycles. The van der Waals surface area contributed by atoms with E-state index < -0.39 is 5.97 Å². The molecular weight excluding hydrogens is 376 g/mol. The third-order valence-electron chi connectivity index (χ3n) is 6.13. The number of carbonyl (C=O) groups excluding carboxylic acids is 2. The molecule has 0 radical (unpaired) electrons. The van der Waals surface area contributed by atoms with E-state index in [1.165, 1.54) is 0 Å². The van der Waals surface area contributed by atoms with Crippen LogP contribution in [0.1, 0.15) is 82.4 Å². The maximum absolute atomic E-state index is 13.5. The molecule has 1 unspecified atom stereocenters. The monoisotopic (exact) mass is 404 g/mol. The van der Waals surface area contributed by atoms with Gasteiger partial charge in [-0.3, -0.25) is 14.4 Å². The van der Waals surface area contributed by atoms with Crippen molar-refractivity contribution in [2.45, 2.75) is 58.8 Å². The van der Waals surface area contributed by atoms with Gasteiger partial charge in [0.1, 0.15) is 0 Å². The van der Waals surface area contributed by atoms with Gasteiger partial charge in [0.25, 0.3) is 0 Å². The lowest BCUT2D eigenvalue weighted by Crippen LogP contribution is -2.26. The molecular formula is C26H28O4. The Kier molecular flexibility index (Phi) is 6.66. The zero-order valence-electron chi connectivity index (χ0n) is 17.8. The van der Waals surface area contributed by atoms with E-state index >= 15 is 0 Å². The predicted octanol–water partition coefficient (Wildman–Crippen LogP) is 5.82. The van der Waals surface area contributed by atoms with Gasteiger partial charge >= 0.3 is 5.97 Å². The molecule has 1 atom stereocenters. The minimum atomic E-state index is -0.788. The van der Waals surface area contributed by atoms with Crippen LogP contribution in [0.15, 0.2) is 53.6 Å². The molecule has 156 valence electrons. The van der Waals surface area contributed by atoms with Crippen LogP contribution in [-0.4, -0.2) is 22.6 Å². The van der Waals surface area contributed by atoms with Crippen LogP contribution in [0.25, 0.3) is 0 Å². The fourth-order valence-electron chi connectivity index (χ4n) is 4.31. The first kappa shape index (κ1) is 21.7. The molecule has 2 aromatic carbocycles. The first-order chi connectivity index (χ1) is 14.3. The Bertz CT molecular complexity index is 1010. The molecule has 3 rings (SSSR count). The lowest BCUT2D eigenvalue weighted by atomic mass is 9.74.